The van der Waals surface area contributed by atoms with E-state index in [9.17, 15) is 0 Å². The van der Waals surface area contributed by atoms with Gasteiger partial charge in [-0.15, -0.1) is 6.42 Å². The highest BCUT2D eigenvalue weighted by atomic mass is 15.1. The van der Waals surface area contributed by atoms with E-state index < -0.39 is 0 Å². The van der Waals surface area contributed by atoms with Crippen LogP contribution >= 0.6 is 0 Å². The van der Waals surface area contributed by atoms with E-state index in [0.29, 0.717) is 23.6 Å². The Morgan fingerprint density at radius 3 is 2.88 bits per heavy atom. The van der Waals surface area contributed by atoms with E-state index in [1.165, 1.54) is 0 Å². The molecular weight excluding hydrogens is 212 g/mol. The fourth-order valence-electron chi connectivity index (χ4n) is 1.61. The van der Waals surface area contributed by atoms with Gasteiger partial charge in [-0.25, -0.2) is 4.98 Å². The molecule has 0 amide bonds. The van der Waals surface area contributed by atoms with E-state index in [1.807, 2.05) is 12.1 Å². The molecule has 2 aromatic rings. The summed E-state index contributed by atoms with van der Waals surface area (Å²) in [6, 6.07) is 9.31. The summed E-state index contributed by atoms with van der Waals surface area (Å²) in [4.78, 5) is 4.20. The van der Waals surface area contributed by atoms with Crippen molar-refractivity contribution in [1.29, 1.82) is 5.26 Å². The van der Waals surface area contributed by atoms with Crippen LogP contribution in [-0.2, 0) is 6.54 Å². The van der Waals surface area contributed by atoms with Crippen LogP contribution < -0.4 is 5.73 Å². The summed E-state index contributed by atoms with van der Waals surface area (Å²) in [5.41, 5.74) is 7.81. The van der Waals surface area contributed by atoms with Gasteiger partial charge in [-0.2, -0.15) is 5.26 Å². The maximum absolute atomic E-state index is 9.02. The van der Waals surface area contributed by atoms with Gasteiger partial charge in [0.2, 0.25) is 0 Å². The van der Waals surface area contributed by atoms with Crippen molar-refractivity contribution in [3.05, 3.63) is 36.2 Å². The van der Waals surface area contributed by atoms with Gasteiger partial charge in [-0.3, -0.25) is 0 Å². The van der Waals surface area contributed by atoms with Crippen LogP contribution in [0.15, 0.2) is 30.6 Å². The highest BCUT2D eigenvalue weighted by molar-refractivity contribution is 5.75. The molecule has 0 radical (unpaired) electrons. The number of benzene rings is 1. The van der Waals surface area contributed by atoms with Crippen molar-refractivity contribution < 1.29 is 0 Å². The van der Waals surface area contributed by atoms with Crippen molar-refractivity contribution in [3.8, 4) is 29.7 Å². The zero-order valence-electron chi connectivity index (χ0n) is 9.09. The molecule has 0 saturated heterocycles. The molecule has 17 heavy (non-hydrogen) atoms. The molecule has 2 rings (SSSR count). The topological polar surface area (TPSA) is 67.6 Å². The van der Waals surface area contributed by atoms with E-state index in [2.05, 4.69) is 17.0 Å². The van der Waals surface area contributed by atoms with E-state index in [-0.39, 0.29) is 0 Å². The number of nitriles is 1. The summed E-state index contributed by atoms with van der Waals surface area (Å²) in [6.07, 6.45) is 6.81. The lowest BCUT2D eigenvalue weighted by Crippen LogP contribution is -2.00. The maximum Gasteiger partial charge on any atom is 0.132 e. The molecule has 1 aromatic carbocycles. The lowest BCUT2D eigenvalue weighted by Gasteiger charge is -2.03. The smallest absolute Gasteiger partial charge is 0.132 e. The number of hydrogen-bond acceptors (Lipinski definition) is 3. The predicted molar refractivity (Wildman–Crippen MR) is 65.6 cm³/mol. The van der Waals surface area contributed by atoms with Gasteiger partial charge in [0, 0.05) is 5.56 Å². The van der Waals surface area contributed by atoms with Gasteiger partial charge in [-0.05, 0) is 6.07 Å². The average Bonchev–Trinajstić information content (AvgIpc) is 2.72. The maximum atomic E-state index is 9.02. The first-order valence-corrected chi connectivity index (χ1v) is 5.01. The van der Waals surface area contributed by atoms with Crippen LogP contribution in [0.25, 0.3) is 11.3 Å². The molecule has 0 unspecified atom stereocenters. The van der Waals surface area contributed by atoms with Gasteiger partial charge < -0.3 is 10.3 Å². The number of hydrogen-bond donors (Lipinski definition) is 1. The summed E-state index contributed by atoms with van der Waals surface area (Å²) in [5.74, 6) is 2.97. The Labute approximate surface area is 99.3 Å². The number of rotatable bonds is 2. The summed E-state index contributed by atoms with van der Waals surface area (Å²) in [6.45, 7) is 0.369. The second-order valence-electron chi connectivity index (χ2n) is 3.47. The molecule has 1 aromatic heterocycles. The minimum atomic E-state index is 0.369. The van der Waals surface area contributed by atoms with Crippen molar-refractivity contribution in [2.75, 3.05) is 5.73 Å². The third-order valence-corrected chi connectivity index (χ3v) is 2.44. The molecule has 0 aliphatic carbocycles. The third-order valence-electron chi connectivity index (χ3n) is 2.44. The molecule has 0 saturated carbocycles. The molecule has 0 bridgehead atoms. The van der Waals surface area contributed by atoms with E-state index in [1.54, 1.807) is 23.0 Å². The molecule has 82 valence electrons. The van der Waals surface area contributed by atoms with Crippen LogP contribution in [0, 0.1) is 23.7 Å². The second kappa shape index (κ2) is 4.42. The molecule has 1 heterocycles. The van der Waals surface area contributed by atoms with Gasteiger partial charge >= 0.3 is 0 Å². The molecule has 0 atom stereocenters. The van der Waals surface area contributed by atoms with Gasteiger partial charge in [0.15, 0.2) is 0 Å². The summed E-state index contributed by atoms with van der Waals surface area (Å²) in [5, 5.41) is 9.02. The Kier molecular flexibility index (Phi) is 2.81. The van der Waals surface area contributed by atoms with Crippen molar-refractivity contribution in [2.24, 2.45) is 0 Å². The molecule has 0 fully saturated rings. The van der Waals surface area contributed by atoms with Crippen molar-refractivity contribution in [1.82, 2.24) is 9.55 Å². The Bertz CT molecular complexity index is 626. The summed E-state index contributed by atoms with van der Waals surface area (Å²) >= 11 is 0. The first-order chi connectivity index (χ1) is 8.27. The minimum Gasteiger partial charge on any atom is -0.383 e. The lowest BCUT2D eigenvalue weighted by atomic mass is 10.1. The van der Waals surface area contributed by atoms with Crippen molar-refractivity contribution >= 4 is 5.82 Å². The standard InChI is InChI=1S/C13H10N4/c1-2-7-17-9-16-12(13(17)15)11-6-4-3-5-10(11)8-14/h1,3-6,9H,7,15H2. The van der Waals surface area contributed by atoms with Crippen molar-refractivity contribution in [3.63, 3.8) is 0 Å². The van der Waals surface area contributed by atoms with Crippen LogP contribution in [-0.4, -0.2) is 9.55 Å². The molecule has 4 heteroatoms. The van der Waals surface area contributed by atoms with Crippen LogP contribution in [0.4, 0.5) is 5.82 Å². The predicted octanol–water partition coefficient (Wildman–Crippen LogP) is 1.64. The Morgan fingerprint density at radius 1 is 1.41 bits per heavy atom. The summed E-state index contributed by atoms with van der Waals surface area (Å²) in [7, 11) is 0. The Balaban J connectivity index is 2.55. The molecule has 0 aliphatic rings. The molecular formula is C13H10N4. The molecule has 0 aliphatic heterocycles. The zero-order valence-corrected chi connectivity index (χ0v) is 9.09. The van der Waals surface area contributed by atoms with Crippen LogP contribution in [0.5, 0.6) is 0 Å². The highest BCUT2D eigenvalue weighted by Crippen LogP contribution is 2.26. The van der Waals surface area contributed by atoms with Gasteiger partial charge in [0.05, 0.1) is 24.5 Å². The van der Waals surface area contributed by atoms with Crippen LogP contribution in [0.2, 0.25) is 0 Å². The van der Waals surface area contributed by atoms with E-state index in [0.717, 1.165) is 5.56 Å². The first kappa shape index (κ1) is 10.8. The molecule has 2 N–H and O–H groups in total. The zero-order chi connectivity index (χ0) is 12.3. The number of imidazole rings is 1. The number of aromatic nitrogens is 2. The number of nitrogen functional groups attached to an aromatic ring is 1. The summed E-state index contributed by atoms with van der Waals surface area (Å²) < 4.78 is 1.67. The average molecular weight is 222 g/mol. The minimum absolute atomic E-state index is 0.369. The van der Waals surface area contributed by atoms with Gasteiger partial charge in [0.1, 0.15) is 11.5 Å². The van der Waals surface area contributed by atoms with Crippen molar-refractivity contribution in [2.45, 2.75) is 6.54 Å². The first-order valence-electron chi connectivity index (χ1n) is 5.01. The molecule has 0 spiro atoms. The Morgan fingerprint density at radius 2 is 2.18 bits per heavy atom. The van der Waals surface area contributed by atoms with Crippen LogP contribution in [0.1, 0.15) is 5.56 Å². The number of nitrogens with two attached hydrogens (primary N) is 1. The quantitative estimate of drug-likeness (QED) is 0.785. The van der Waals surface area contributed by atoms with E-state index >= 15 is 0 Å². The number of terminal acetylenes is 1. The Hall–Kier alpha value is -2.72. The van der Waals surface area contributed by atoms with E-state index in [4.69, 9.17) is 17.4 Å². The molecule has 4 nitrogen and oxygen atoms in total. The fraction of sp³-hybridized carbons (Fsp3) is 0.0769. The lowest BCUT2D eigenvalue weighted by molar-refractivity contribution is 0.852. The normalized spacial score (nSPS) is 9.53. The highest BCUT2D eigenvalue weighted by Gasteiger charge is 2.12. The fourth-order valence-corrected chi connectivity index (χ4v) is 1.61. The monoisotopic (exact) mass is 222 g/mol. The SMILES string of the molecule is C#CCn1cnc(-c2ccccc2C#N)c1N. The van der Waals surface area contributed by atoms with Crippen LogP contribution in [0.3, 0.4) is 0 Å². The van der Waals surface area contributed by atoms with Gasteiger partial charge in [-0.1, -0.05) is 24.1 Å². The number of anilines is 1. The third kappa shape index (κ3) is 1.84. The van der Waals surface area contributed by atoms with Gasteiger partial charge in [0.25, 0.3) is 0 Å². The number of nitrogens with zero attached hydrogens (tertiary/aromatic N) is 3. The largest absolute Gasteiger partial charge is 0.383 e. The second-order valence-corrected chi connectivity index (χ2v) is 3.47.